The highest BCUT2D eigenvalue weighted by molar-refractivity contribution is 7.71. The zero-order chi connectivity index (χ0) is 20.2. The predicted molar refractivity (Wildman–Crippen MR) is 118 cm³/mol. The number of nitrogens with one attached hydrogen (secondary N) is 1. The van der Waals surface area contributed by atoms with Crippen LogP contribution in [0.5, 0.6) is 0 Å². The van der Waals surface area contributed by atoms with Crippen LogP contribution in [0.3, 0.4) is 0 Å². The molecule has 1 aromatic carbocycles. The smallest absolute Gasteiger partial charge is 0.226 e. The fourth-order valence-electron chi connectivity index (χ4n) is 4.14. The van der Waals surface area contributed by atoms with E-state index in [1.165, 1.54) is 10.6 Å². The second-order valence-corrected chi connectivity index (χ2v) is 8.78. The van der Waals surface area contributed by atoms with Crippen LogP contribution in [0, 0.1) is 10.7 Å². The van der Waals surface area contributed by atoms with Crippen LogP contribution in [0.4, 0.5) is 11.6 Å². The number of benzene rings is 1. The summed E-state index contributed by atoms with van der Waals surface area (Å²) in [5, 5.41) is 4.97. The summed E-state index contributed by atoms with van der Waals surface area (Å²) in [6, 6.07) is 10.7. The van der Waals surface area contributed by atoms with E-state index in [2.05, 4.69) is 63.2 Å². The average molecular weight is 418 g/mol. The summed E-state index contributed by atoms with van der Waals surface area (Å²) >= 11 is 5.85. The van der Waals surface area contributed by atoms with Gasteiger partial charge in [0, 0.05) is 25.3 Å². The summed E-state index contributed by atoms with van der Waals surface area (Å²) in [5.41, 5.74) is 1.32. The van der Waals surface area contributed by atoms with Gasteiger partial charge < -0.3 is 19.4 Å². The highest BCUT2D eigenvalue weighted by Gasteiger charge is 2.24. The Morgan fingerprint density at radius 3 is 2.38 bits per heavy atom. The van der Waals surface area contributed by atoms with E-state index in [1.807, 2.05) is 0 Å². The number of aromatic nitrogens is 3. The molecule has 2 aliphatic heterocycles. The Kier molecular flexibility index (Phi) is 6.52. The van der Waals surface area contributed by atoms with Crippen molar-refractivity contribution in [3.8, 4) is 0 Å². The molecule has 4 rings (SSSR count). The lowest BCUT2D eigenvalue weighted by atomic mass is 10.2. The van der Waals surface area contributed by atoms with E-state index in [4.69, 9.17) is 22.1 Å². The lowest BCUT2D eigenvalue weighted by Gasteiger charge is -2.33. The zero-order valence-corrected chi connectivity index (χ0v) is 18.4. The first kappa shape index (κ1) is 20.4. The summed E-state index contributed by atoms with van der Waals surface area (Å²) in [4.78, 5) is 6.33. The molecule has 0 spiro atoms. The van der Waals surface area contributed by atoms with Crippen molar-refractivity contribution in [1.29, 1.82) is 0 Å². The maximum atomic E-state index is 5.85. The van der Waals surface area contributed by atoms with Crippen molar-refractivity contribution < 1.29 is 9.64 Å². The maximum Gasteiger partial charge on any atom is 0.226 e. The molecule has 2 aromatic rings. The molecule has 0 unspecified atom stereocenters. The lowest BCUT2D eigenvalue weighted by molar-refractivity contribution is -0.924. The SMILES string of the molecule is CC(C)Cn1c(N2CCOCC2)nn(C[NH+]2CCN(c3ccccc3)CC2)c1=S. The second-order valence-electron chi connectivity index (χ2n) is 8.42. The van der Waals surface area contributed by atoms with Crippen LogP contribution in [0.1, 0.15) is 13.8 Å². The third-order valence-electron chi connectivity index (χ3n) is 5.71. The third-order valence-corrected chi connectivity index (χ3v) is 6.14. The molecule has 0 radical (unpaired) electrons. The predicted octanol–water partition coefficient (Wildman–Crippen LogP) is 1.27. The molecule has 2 fully saturated rings. The number of hydrogen-bond acceptors (Lipinski definition) is 5. The molecule has 0 aliphatic carbocycles. The topological polar surface area (TPSA) is 42.9 Å². The Labute approximate surface area is 178 Å². The monoisotopic (exact) mass is 417 g/mol. The van der Waals surface area contributed by atoms with E-state index in [1.54, 1.807) is 0 Å². The fraction of sp³-hybridized carbons (Fsp3) is 0.619. The molecule has 0 atom stereocenters. The van der Waals surface area contributed by atoms with E-state index < -0.39 is 0 Å². The molecule has 29 heavy (non-hydrogen) atoms. The van der Waals surface area contributed by atoms with Gasteiger partial charge in [0.05, 0.1) is 39.4 Å². The van der Waals surface area contributed by atoms with E-state index >= 15 is 0 Å². The van der Waals surface area contributed by atoms with Crippen molar-refractivity contribution in [2.24, 2.45) is 5.92 Å². The summed E-state index contributed by atoms with van der Waals surface area (Å²) in [7, 11) is 0. The lowest BCUT2D eigenvalue weighted by Crippen LogP contribution is -3.14. The molecular formula is C21H33N6OS+. The van der Waals surface area contributed by atoms with Gasteiger partial charge in [-0.25, -0.2) is 0 Å². The fourth-order valence-corrected chi connectivity index (χ4v) is 4.41. The first-order valence-corrected chi connectivity index (χ1v) is 11.2. The number of anilines is 2. The number of rotatable bonds is 6. The number of morpholine rings is 1. The molecule has 0 saturated carbocycles. The number of ether oxygens (including phenoxy) is 1. The first-order valence-electron chi connectivity index (χ1n) is 10.8. The molecule has 3 heterocycles. The van der Waals surface area contributed by atoms with Crippen LogP contribution in [0.2, 0.25) is 0 Å². The van der Waals surface area contributed by atoms with Crippen molar-refractivity contribution in [1.82, 2.24) is 14.3 Å². The molecule has 8 heteroatoms. The summed E-state index contributed by atoms with van der Waals surface area (Å²) < 4.78 is 10.7. The summed E-state index contributed by atoms with van der Waals surface area (Å²) in [5.74, 6) is 1.54. The van der Waals surface area contributed by atoms with Gasteiger partial charge in [-0.1, -0.05) is 32.0 Å². The van der Waals surface area contributed by atoms with Crippen LogP contribution >= 0.6 is 12.2 Å². The van der Waals surface area contributed by atoms with Crippen LogP contribution < -0.4 is 14.7 Å². The second kappa shape index (κ2) is 9.28. The molecule has 158 valence electrons. The minimum Gasteiger partial charge on any atom is -0.378 e. The Bertz CT molecular complexity index is 835. The number of hydrogen-bond donors (Lipinski definition) is 1. The minimum atomic E-state index is 0.529. The van der Waals surface area contributed by atoms with Crippen molar-refractivity contribution in [2.75, 3.05) is 62.3 Å². The highest BCUT2D eigenvalue weighted by atomic mass is 32.1. The quantitative estimate of drug-likeness (QED) is 0.717. The van der Waals surface area contributed by atoms with Crippen LogP contribution in [0.25, 0.3) is 0 Å². The average Bonchev–Trinajstić information content (AvgIpc) is 3.05. The van der Waals surface area contributed by atoms with E-state index in [-0.39, 0.29) is 0 Å². The normalized spacial score (nSPS) is 18.6. The van der Waals surface area contributed by atoms with Gasteiger partial charge >= 0.3 is 0 Å². The number of para-hydroxylation sites is 1. The third kappa shape index (κ3) is 4.82. The van der Waals surface area contributed by atoms with E-state index in [9.17, 15) is 0 Å². The van der Waals surface area contributed by atoms with Crippen LogP contribution in [-0.2, 0) is 18.0 Å². The van der Waals surface area contributed by atoms with Crippen molar-refractivity contribution in [3.05, 3.63) is 35.1 Å². The van der Waals surface area contributed by atoms with Gasteiger partial charge in [0.1, 0.15) is 0 Å². The van der Waals surface area contributed by atoms with Crippen LogP contribution in [0.15, 0.2) is 30.3 Å². The standard InChI is InChI=1S/C21H32N6OS/c1-18(2)16-26-20(25-12-14-28-15-13-25)22-27(21(26)29)17-23-8-10-24(11-9-23)19-6-4-3-5-7-19/h3-7,18H,8-17H2,1-2H3/p+1. The molecule has 2 aliphatic rings. The molecular weight excluding hydrogens is 384 g/mol. The van der Waals surface area contributed by atoms with Gasteiger partial charge in [-0.05, 0) is 30.3 Å². The molecule has 0 amide bonds. The highest BCUT2D eigenvalue weighted by Crippen LogP contribution is 2.17. The molecule has 1 aromatic heterocycles. The van der Waals surface area contributed by atoms with Gasteiger partial charge in [-0.15, -0.1) is 5.10 Å². The van der Waals surface area contributed by atoms with Gasteiger partial charge in [-0.3, -0.25) is 4.57 Å². The Balaban J connectivity index is 1.46. The van der Waals surface area contributed by atoms with Gasteiger partial charge in [0.2, 0.25) is 10.7 Å². The van der Waals surface area contributed by atoms with Crippen molar-refractivity contribution in [3.63, 3.8) is 0 Å². The van der Waals surface area contributed by atoms with E-state index in [0.717, 1.165) is 76.4 Å². The van der Waals surface area contributed by atoms with Gasteiger partial charge in [-0.2, -0.15) is 4.68 Å². The van der Waals surface area contributed by atoms with Crippen molar-refractivity contribution in [2.45, 2.75) is 27.1 Å². The molecule has 7 nitrogen and oxygen atoms in total. The molecule has 2 saturated heterocycles. The molecule has 0 bridgehead atoms. The Hall–Kier alpha value is -1.90. The Morgan fingerprint density at radius 2 is 1.72 bits per heavy atom. The number of nitrogens with zero attached hydrogens (tertiary/aromatic N) is 5. The Morgan fingerprint density at radius 1 is 1.03 bits per heavy atom. The zero-order valence-electron chi connectivity index (χ0n) is 17.6. The minimum absolute atomic E-state index is 0.529. The number of quaternary nitrogens is 1. The summed E-state index contributed by atoms with van der Waals surface area (Å²) in [6.07, 6.45) is 0. The summed E-state index contributed by atoms with van der Waals surface area (Å²) in [6.45, 7) is 13.8. The maximum absolute atomic E-state index is 5.85. The van der Waals surface area contributed by atoms with Crippen molar-refractivity contribution >= 4 is 23.9 Å². The van der Waals surface area contributed by atoms with E-state index in [0.29, 0.717) is 5.92 Å². The number of piperazine rings is 1. The van der Waals surface area contributed by atoms with Gasteiger partial charge in [0.15, 0.2) is 6.67 Å². The first-order chi connectivity index (χ1) is 14.1. The largest absolute Gasteiger partial charge is 0.378 e. The van der Waals surface area contributed by atoms with Gasteiger partial charge in [0.25, 0.3) is 0 Å². The van der Waals surface area contributed by atoms with Crippen LogP contribution in [-0.4, -0.2) is 66.8 Å². The molecule has 1 N–H and O–H groups in total.